The summed E-state index contributed by atoms with van der Waals surface area (Å²) >= 11 is 1.21. The van der Waals surface area contributed by atoms with Crippen molar-refractivity contribution in [2.75, 3.05) is 5.75 Å². The quantitative estimate of drug-likeness (QED) is 0.701. The molecule has 3 amide bonds. The minimum atomic E-state index is -0.506. The number of nitrogens with one attached hydrogen (secondary N) is 3. The lowest BCUT2D eigenvalue weighted by molar-refractivity contribution is -0.117. The topological polar surface area (TPSA) is 99.8 Å². The third-order valence-corrected chi connectivity index (χ3v) is 4.17. The molecule has 2 aromatic rings. The van der Waals surface area contributed by atoms with Gasteiger partial charge in [0.25, 0.3) is 0 Å². The van der Waals surface area contributed by atoms with Crippen LogP contribution < -0.4 is 10.6 Å². The SMILES string of the molecule is O=C(CSc1n[nH]c(C2CC2)n1)NC(=O)NCc1ccccc1. The molecule has 1 heterocycles. The van der Waals surface area contributed by atoms with Crippen LogP contribution in [0.25, 0.3) is 0 Å². The molecule has 0 atom stereocenters. The summed E-state index contributed by atoms with van der Waals surface area (Å²) in [5.41, 5.74) is 0.970. The van der Waals surface area contributed by atoms with Gasteiger partial charge in [-0.05, 0) is 18.4 Å². The van der Waals surface area contributed by atoms with Gasteiger partial charge in [0, 0.05) is 12.5 Å². The molecule has 0 bridgehead atoms. The summed E-state index contributed by atoms with van der Waals surface area (Å²) in [6.07, 6.45) is 2.28. The molecule has 0 aliphatic heterocycles. The molecule has 8 heteroatoms. The maximum Gasteiger partial charge on any atom is 0.321 e. The maximum absolute atomic E-state index is 11.7. The van der Waals surface area contributed by atoms with Crippen LogP contribution in [0.5, 0.6) is 0 Å². The monoisotopic (exact) mass is 331 g/mol. The molecular formula is C15H17N5O2S. The predicted octanol–water partition coefficient (Wildman–Crippen LogP) is 1.80. The van der Waals surface area contributed by atoms with Crippen molar-refractivity contribution < 1.29 is 9.59 Å². The van der Waals surface area contributed by atoms with Gasteiger partial charge in [0.05, 0.1) is 5.75 Å². The van der Waals surface area contributed by atoms with E-state index in [9.17, 15) is 9.59 Å². The zero-order valence-electron chi connectivity index (χ0n) is 12.4. The second-order valence-electron chi connectivity index (χ2n) is 5.28. The number of thioether (sulfide) groups is 1. The number of aromatic nitrogens is 3. The molecule has 0 radical (unpaired) electrons. The van der Waals surface area contributed by atoms with Gasteiger partial charge in [0.2, 0.25) is 11.1 Å². The highest BCUT2D eigenvalue weighted by Gasteiger charge is 2.27. The molecule has 7 nitrogen and oxygen atoms in total. The number of imide groups is 1. The van der Waals surface area contributed by atoms with Crippen LogP contribution in [0.1, 0.15) is 30.1 Å². The van der Waals surface area contributed by atoms with Crippen molar-refractivity contribution in [1.82, 2.24) is 25.8 Å². The van der Waals surface area contributed by atoms with Gasteiger partial charge in [-0.15, -0.1) is 5.10 Å². The average Bonchev–Trinajstić information content (AvgIpc) is 3.31. The highest BCUT2D eigenvalue weighted by molar-refractivity contribution is 7.99. The molecule has 1 fully saturated rings. The summed E-state index contributed by atoms with van der Waals surface area (Å²) in [7, 11) is 0. The van der Waals surface area contributed by atoms with Gasteiger partial charge < -0.3 is 5.32 Å². The molecule has 3 N–H and O–H groups in total. The Morgan fingerprint density at radius 3 is 2.78 bits per heavy atom. The zero-order valence-corrected chi connectivity index (χ0v) is 13.2. The van der Waals surface area contributed by atoms with Crippen LogP contribution in [0.3, 0.4) is 0 Å². The van der Waals surface area contributed by atoms with Crippen LogP contribution in [0.15, 0.2) is 35.5 Å². The Morgan fingerprint density at radius 2 is 2.04 bits per heavy atom. The Labute approximate surface area is 137 Å². The first-order valence-corrected chi connectivity index (χ1v) is 8.36. The van der Waals surface area contributed by atoms with E-state index in [0.717, 1.165) is 24.2 Å². The van der Waals surface area contributed by atoms with Gasteiger partial charge in [-0.2, -0.15) is 0 Å². The smallest absolute Gasteiger partial charge is 0.321 e. The van der Waals surface area contributed by atoms with Crippen LogP contribution in [0.4, 0.5) is 4.79 Å². The number of hydrogen-bond acceptors (Lipinski definition) is 5. The van der Waals surface area contributed by atoms with Crippen LogP contribution in [-0.4, -0.2) is 32.9 Å². The molecule has 1 aliphatic rings. The van der Waals surface area contributed by atoms with Crippen LogP contribution in [0.2, 0.25) is 0 Å². The van der Waals surface area contributed by atoms with Gasteiger partial charge in [-0.25, -0.2) is 9.78 Å². The van der Waals surface area contributed by atoms with E-state index >= 15 is 0 Å². The molecule has 1 aromatic carbocycles. The minimum Gasteiger partial charge on any atom is -0.334 e. The lowest BCUT2D eigenvalue weighted by Gasteiger charge is -2.06. The number of carbonyl (C=O) groups excluding carboxylic acids is 2. The molecule has 120 valence electrons. The fourth-order valence-corrected chi connectivity index (χ4v) is 2.58. The zero-order chi connectivity index (χ0) is 16.1. The van der Waals surface area contributed by atoms with Crippen molar-refractivity contribution in [3.05, 3.63) is 41.7 Å². The van der Waals surface area contributed by atoms with Crippen LogP contribution in [-0.2, 0) is 11.3 Å². The van der Waals surface area contributed by atoms with Crippen molar-refractivity contribution in [2.24, 2.45) is 0 Å². The van der Waals surface area contributed by atoms with Gasteiger partial charge >= 0.3 is 6.03 Å². The number of carbonyl (C=O) groups is 2. The molecule has 1 saturated carbocycles. The lowest BCUT2D eigenvalue weighted by atomic mass is 10.2. The summed E-state index contributed by atoms with van der Waals surface area (Å²) in [5, 5.41) is 12.4. The number of hydrogen-bond donors (Lipinski definition) is 3. The van der Waals surface area contributed by atoms with E-state index in [1.54, 1.807) is 0 Å². The predicted molar refractivity (Wildman–Crippen MR) is 85.9 cm³/mol. The third kappa shape index (κ3) is 4.82. The highest BCUT2D eigenvalue weighted by Crippen LogP contribution is 2.38. The summed E-state index contributed by atoms with van der Waals surface area (Å²) in [6, 6.07) is 8.99. The molecule has 23 heavy (non-hydrogen) atoms. The summed E-state index contributed by atoms with van der Waals surface area (Å²) in [4.78, 5) is 27.7. The molecular weight excluding hydrogens is 314 g/mol. The fraction of sp³-hybridized carbons (Fsp3) is 0.333. The van der Waals surface area contributed by atoms with E-state index in [2.05, 4.69) is 25.8 Å². The Bertz CT molecular complexity index is 684. The van der Waals surface area contributed by atoms with E-state index in [4.69, 9.17) is 0 Å². The summed E-state index contributed by atoms with van der Waals surface area (Å²) in [6.45, 7) is 0.374. The number of benzene rings is 1. The standard InChI is InChI=1S/C15H17N5O2S/c21-12(9-23-15-18-13(19-20-15)11-6-7-11)17-14(22)16-8-10-4-2-1-3-5-10/h1-5,11H,6-9H2,(H,18,19,20)(H2,16,17,21,22). The largest absolute Gasteiger partial charge is 0.334 e. The number of aromatic amines is 1. The molecule has 0 unspecified atom stereocenters. The van der Waals surface area contributed by atoms with Gasteiger partial charge in [-0.3, -0.25) is 15.2 Å². The van der Waals surface area contributed by atoms with Crippen LogP contribution >= 0.6 is 11.8 Å². The molecule has 0 saturated heterocycles. The van der Waals surface area contributed by atoms with Gasteiger partial charge in [0.1, 0.15) is 5.82 Å². The third-order valence-electron chi connectivity index (χ3n) is 3.33. The summed E-state index contributed by atoms with van der Waals surface area (Å²) in [5.74, 6) is 1.10. The van der Waals surface area contributed by atoms with Gasteiger partial charge in [-0.1, -0.05) is 42.1 Å². The number of urea groups is 1. The Hall–Kier alpha value is -2.35. The summed E-state index contributed by atoms with van der Waals surface area (Å²) < 4.78 is 0. The van der Waals surface area contributed by atoms with Crippen molar-refractivity contribution in [3.63, 3.8) is 0 Å². The maximum atomic E-state index is 11.7. The number of nitrogens with zero attached hydrogens (tertiary/aromatic N) is 2. The number of amides is 3. The van der Waals surface area contributed by atoms with Gasteiger partial charge in [0.15, 0.2) is 0 Å². The van der Waals surface area contributed by atoms with E-state index in [0.29, 0.717) is 17.6 Å². The Morgan fingerprint density at radius 1 is 1.26 bits per heavy atom. The normalized spacial score (nSPS) is 13.6. The van der Waals surface area contributed by atoms with Crippen molar-refractivity contribution >= 4 is 23.7 Å². The first-order valence-electron chi connectivity index (χ1n) is 7.37. The molecule has 3 rings (SSSR count). The fourth-order valence-electron chi connectivity index (χ4n) is 1.98. The minimum absolute atomic E-state index is 0.0979. The van der Waals surface area contributed by atoms with Crippen molar-refractivity contribution in [1.29, 1.82) is 0 Å². The second kappa shape index (κ2) is 7.28. The van der Waals surface area contributed by atoms with E-state index in [1.807, 2.05) is 30.3 Å². The van der Waals surface area contributed by atoms with E-state index < -0.39 is 6.03 Å². The molecule has 1 aliphatic carbocycles. The van der Waals surface area contributed by atoms with E-state index in [1.165, 1.54) is 11.8 Å². The number of H-pyrrole nitrogens is 1. The average molecular weight is 331 g/mol. The van der Waals surface area contributed by atoms with Crippen molar-refractivity contribution in [2.45, 2.75) is 30.5 Å². The highest BCUT2D eigenvalue weighted by atomic mass is 32.2. The Kier molecular flexibility index (Phi) is 4.92. The molecule has 1 aromatic heterocycles. The lowest BCUT2D eigenvalue weighted by Crippen LogP contribution is -2.39. The second-order valence-corrected chi connectivity index (χ2v) is 6.23. The van der Waals surface area contributed by atoms with Crippen LogP contribution in [0, 0.1) is 0 Å². The first-order chi connectivity index (χ1) is 11.2. The number of rotatable bonds is 6. The van der Waals surface area contributed by atoms with E-state index in [-0.39, 0.29) is 11.7 Å². The van der Waals surface area contributed by atoms with Crippen molar-refractivity contribution in [3.8, 4) is 0 Å². The first kappa shape index (κ1) is 15.5. The Balaban J connectivity index is 1.37. The molecule has 0 spiro atoms.